The van der Waals surface area contributed by atoms with Gasteiger partial charge in [0.25, 0.3) is 0 Å². The number of nitrogens with zero attached hydrogens (tertiary/aromatic N) is 2. The van der Waals surface area contributed by atoms with Crippen molar-refractivity contribution in [3.63, 3.8) is 0 Å². The van der Waals surface area contributed by atoms with Crippen LogP contribution in [0.4, 0.5) is 0 Å². The van der Waals surface area contributed by atoms with Crippen LogP contribution in [0.25, 0.3) is 0 Å². The fourth-order valence-corrected chi connectivity index (χ4v) is 3.21. The van der Waals surface area contributed by atoms with Crippen molar-refractivity contribution < 1.29 is 4.74 Å². The van der Waals surface area contributed by atoms with Crippen LogP contribution in [0.3, 0.4) is 0 Å². The minimum atomic E-state index is 0.114. The standard InChI is InChI=1S/C14H23N3O/c1-3-14(2)12-8-15-10-17(13(12)9-16-14)11-4-6-18-7-5-11/h8,11,16H,3-7,9-10H2,1-2H3. The number of nitrogens with one attached hydrogen (secondary N) is 1. The zero-order valence-electron chi connectivity index (χ0n) is 11.4. The van der Waals surface area contributed by atoms with Gasteiger partial charge in [0, 0.05) is 48.8 Å². The number of rotatable bonds is 2. The molecule has 0 saturated carbocycles. The highest BCUT2D eigenvalue weighted by atomic mass is 16.5. The Balaban J connectivity index is 1.85. The van der Waals surface area contributed by atoms with Gasteiger partial charge in [0.15, 0.2) is 0 Å². The van der Waals surface area contributed by atoms with Gasteiger partial charge < -0.3 is 15.0 Å². The van der Waals surface area contributed by atoms with Crippen molar-refractivity contribution in [2.75, 3.05) is 26.4 Å². The summed E-state index contributed by atoms with van der Waals surface area (Å²) in [4.78, 5) is 7.09. The number of hydrogen-bond acceptors (Lipinski definition) is 4. The first kappa shape index (κ1) is 12.2. The van der Waals surface area contributed by atoms with Crippen LogP contribution in [-0.2, 0) is 4.74 Å². The third kappa shape index (κ3) is 1.88. The fourth-order valence-electron chi connectivity index (χ4n) is 3.21. The molecule has 4 heteroatoms. The van der Waals surface area contributed by atoms with Crippen molar-refractivity contribution in [3.8, 4) is 0 Å². The predicted molar refractivity (Wildman–Crippen MR) is 72.8 cm³/mol. The third-order valence-corrected chi connectivity index (χ3v) is 4.69. The van der Waals surface area contributed by atoms with Gasteiger partial charge >= 0.3 is 0 Å². The van der Waals surface area contributed by atoms with Crippen LogP contribution < -0.4 is 5.32 Å². The number of aliphatic imine (C=N–C) groups is 1. The second kappa shape index (κ2) is 4.67. The SMILES string of the molecule is CCC1(C)NCC2=C1C=NCN2C1CCOCC1. The third-order valence-electron chi connectivity index (χ3n) is 4.69. The molecule has 0 aromatic rings. The molecule has 0 aromatic heterocycles. The molecular formula is C14H23N3O. The molecule has 1 saturated heterocycles. The van der Waals surface area contributed by atoms with Crippen LogP contribution in [0.1, 0.15) is 33.1 Å². The maximum absolute atomic E-state index is 5.47. The molecule has 1 fully saturated rings. The van der Waals surface area contributed by atoms with Gasteiger partial charge in [-0.1, -0.05) is 6.92 Å². The van der Waals surface area contributed by atoms with Crippen molar-refractivity contribution in [1.82, 2.24) is 10.2 Å². The maximum Gasteiger partial charge on any atom is 0.110 e. The molecule has 18 heavy (non-hydrogen) atoms. The normalized spacial score (nSPS) is 33.1. The molecule has 3 rings (SSSR count). The van der Waals surface area contributed by atoms with Gasteiger partial charge in [-0.15, -0.1) is 0 Å². The van der Waals surface area contributed by atoms with E-state index in [-0.39, 0.29) is 5.54 Å². The van der Waals surface area contributed by atoms with Crippen LogP contribution in [0.2, 0.25) is 0 Å². The summed E-state index contributed by atoms with van der Waals surface area (Å²) in [5.74, 6) is 0. The molecule has 0 radical (unpaired) electrons. The van der Waals surface area contributed by atoms with E-state index in [0.29, 0.717) is 6.04 Å². The highest BCUT2D eigenvalue weighted by Gasteiger charge is 2.39. The predicted octanol–water partition coefficient (Wildman–Crippen LogP) is 1.54. The van der Waals surface area contributed by atoms with Crippen LogP contribution in [0.5, 0.6) is 0 Å². The summed E-state index contributed by atoms with van der Waals surface area (Å²) in [5.41, 5.74) is 2.99. The summed E-state index contributed by atoms with van der Waals surface area (Å²) in [6, 6.07) is 0.613. The molecule has 0 amide bonds. The summed E-state index contributed by atoms with van der Waals surface area (Å²) in [7, 11) is 0. The Kier molecular flexibility index (Phi) is 3.16. The molecule has 1 unspecified atom stereocenters. The fraction of sp³-hybridized carbons (Fsp3) is 0.786. The maximum atomic E-state index is 5.47. The lowest BCUT2D eigenvalue weighted by Gasteiger charge is -2.38. The van der Waals surface area contributed by atoms with E-state index in [1.165, 1.54) is 11.3 Å². The second-order valence-electron chi connectivity index (χ2n) is 5.67. The lowest BCUT2D eigenvalue weighted by molar-refractivity contribution is 0.0457. The molecule has 3 aliphatic heterocycles. The topological polar surface area (TPSA) is 36.9 Å². The van der Waals surface area contributed by atoms with E-state index in [2.05, 4.69) is 35.3 Å². The molecule has 100 valence electrons. The van der Waals surface area contributed by atoms with E-state index < -0.39 is 0 Å². The van der Waals surface area contributed by atoms with Crippen LogP contribution >= 0.6 is 0 Å². The van der Waals surface area contributed by atoms with Gasteiger partial charge in [-0.2, -0.15) is 0 Å². The van der Waals surface area contributed by atoms with E-state index in [4.69, 9.17) is 4.74 Å². The summed E-state index contributed by atoms with van der Waals surface area (Å²) >= 11 is 0. The molecule has 1 atom stereocenters. The van der Waals surface area contributed by atoms with Gasteiger partial charge in [-0.05, 0) is 26.2 Å². The first-order valence-corrected chi connectivity index (χ1v) is 7.07. The van der Waals surface area contributed by atoms with Crippen molar-refractivity contribution in [2.45, 2.75) is 44.7 Å². The molecule has 0 spiro atoms. The first-order chi connectivity index (χ1) is 8.74. The zero-order valence-corrected chi connectivity index (χ0v) is 11.4. The molecular weight excluding hydrogens is 226 g/mol. The van der Waals surface area contributed by atoms with E-state index in [1.54, 1.807) is 0 Å². The van der Waals surface area contributed by atoms with Crippen molar-refractivity contribution in [1.29, 1.82) is 0 Å². The van der Waals surface area contributed by atoms with Gasteiger partial charge in [-0.3, -0.25) is 4.99 Å². The van der Waals surface area contributed by atoms with E-state index >= 15 is 0 Å². The average Bonchev–Trinajstić information content (AvgIpc) is 2.78. The van der Waals surface area contributed by atoms with Gasteiger partial charge in [0.05, 0.1) is 0 Å². The Bertz CT molecular complexity index is 385. The van der Waals surface area contributed by atoms with Crippen LogP contribution in [-0.4, -0.2) is 49.1 Å². The Morgan fingerprint density at radius 1 is 1.50 bits per heavy atom. The zero-order chi connectivity index (χ0) is 12.6. The highest BCUT2D eigenvalue weighted by molar-refractivity contribution is 5.84. The van der Waals surface area contributed by atoms with Crippen LogP contribution in [0.15, 0.2) is 16.3 Å². The van der Waals surface area contributed by atoms with Gasteiger partial charge in [-0.25, -0.2) is 0 Å². The quantitative estimate of drug-likeness (QED) is 0.806. The minimum absolute atomic E-state index is 0.114. The Hall–Kier alpha value is -0.870. The minimum Gasteiger partial charge on any atom is -0.381 e. The first-order valence-electron chi connectivity index (χ1n) is 7.07. The van der Waals surface area contributed by atoms with E-state index in [0.717, 1.165) is 45.7 Å². The summed E-state index contributed by atoms with van der Waals surface area (Å²) in [6.07, 6.45) is 5.47. The highest BCUT2D eigenvalue weighted by Crippen LogP contribution is 2.34. The Morgan fingerprint density at radius 2 is 2.28 bits per heavy atom. The van der Waals surface area contributed by atoms with Crippen molar-refractivity contribution in [2.24, 2.45) is 4.99 Å². The lowest BCUT2D eigenvalue weighted by atomic mass is 9.90. The second-order valence-corrected chi connectivity index (χ2v) is 5.67. The molecule has 4 nitrogen and oxygen atoms in total. The largest absolute Gasteiger partial charge is 0.381 e. The van der Waals surface area contributed by atoms with Gasteiger partial charge in [0.2, 0.25) is 0 Å². The molecule has 0 aromatic carbocycles. The number of ether oxygens (including phenoxy) is 1. The Labute approximate surface area is 109 Å². The summed E-state index contributed by atoms with van der Waals surface area (Å²) in [5, 5.41) is 3.66. The monoisotopic (exact) mass is 249 g/mol. The van der Waals surface area contributed by atoms with Crippen molar-refractivity contribution >= 4 is 6.21 Å². The molecule has 3 heterocycles. The number of hydrogen-bond donors (Lipinski definition) is 1. The van der Waals surface area contributed by atoms with Crippen LogP contribution in [0, 0.1) is 0 Å². The molecule has 0 aliphatic carbocycles. The molecule has 3 aliphatic rings. The smallest absolute Gasteiger partial charge is 0.110 e. The van der Waals surface area contributed by atoms with E-state index in [1.807, 2.05) is 0 Å². The van der Waals surface area contributed by atoms with Crippen molar-refractivity contribution in [3.05, 3.63) is 11.3 Å². The lowest BCUT2D eigenvalue weighted by Crippen LogP contribution is -2.41. The summed E-state index contributed by atoms with van der Waals surface area (Å²) in [6.45, 7) is 8.13. The van der Waals surface area contributed by atoms with E-state index in [9.17, 15) is 0 Å². The average molecular weight is 249 g/mol. The molecule has 1 N–H and O–H groups in total. The summed E-state index contributed by atoms with van der Waals surface area (Å²) < 4.78 is 5.47. The van der Waals surface area contributed by atoms with Gasteiger partial charge in [0.1, 0.15) is 6.67 Å². The molecule has 0 bridgehead atoms. The Morgan fingerprint density at radius 3 is 3.00 bits per heavy atom.